The Morgan fingerprint density at radius 1 is 1.32 bits per heavy atom. The minimum atomic E-state index is -0.440. The Bertz CT molecular complexity index is 554. The van der Waals surface area contributed by atoms with Crippen LogP contribution in [0.2, 0.25) is 0 Å². The zero-order valence-electron chi connectivity index (χ0n) is 13.0. The molecule has 1 N–H and O–H groups in total. The molecule has 0 saturated carbocycles. The van der Waals surface area contributed by atoms with Crippen molar-refractivity contribution in [2.24, 2.45) is 0 Å². The van der Waals surface area contributed by atoms with Gasteiger partial charge in [-0.25, -0.2) is 0 Å². The largest absolute Gasteiger partial charge is 0.351 e. The number of nitrogens with zero attached hydrogens (tertiary/aromatic N) is 3. The molecule has 1 aromatic rings. The molecule has 1 fully saturated rings. The second-order valence-electron chi connectivity index (χ2n) is 5.66. The van der Waals surface area contributed by atoms with Crippen molar-refractivity contribution in [2.45, 2.75) is 6.92 Å². The molecule has 0 aromatic heterocycles. The molecule has 7 heteroatoms. The quantitative estimate of drug-likeness (QED) is 0.645. The van der Waals surface area contributed by atoms with Crippen LogP contribution in [0, 0.1) is 17.0 Å². The van der Waals surface area contributed by atoms with Crippen molar-refractivity contribution in [3.63, 3.8) is 0 Å². The summed E-state index contributed by atoms with van der Waals surface area (Å²) >= 11 is 0. The van der Waals surface area contributed by atoms with E-state index in [1.165, 1.54) is 12.1 Å². The van der Waals surface area contributed by atoms with Crippen LogP contribution in [0.5, 0.6) is 0 Å². The molecule has 2 rings (SSSR count). The highest BCUT2D eigenvalue weighted by atomic mass is 16.6. The Morgan fingerprint density at radius 2 is 2.00 bits per heavy atom. The average molecular weight is 306 g/mol. The molecular weight excluding hydrogens is 284 g/mol. The van der Waals surface area contributed by atoms with E-state index < -0.39 is 4.92 Å². The molecule has 0 aliphatic carbocycles. The van der Waals surface area contributed by atoms with E-state index in [0.717, 1.165) is 32.7 Å². The maximum absolute atomic E-state index is 12.1. The van der Waals surface area contributed by atoms with Gasteiger partial charge in [-0.15, -0.1) is 0 Å². The van der Waals surface area contributed by atoms with Crippen molar-refractivity contribution in [1.82, 2.24) is 15.1 Å². The van der Waals surface area contributed by atoms with Gasteiger partial charge in [-0.3, -0.25) is 19.8 Å². The summed E-state index contributed by atoms with van der Waals surface area (Å²) < 4.78 is 0. The average Bonchev–Trinajstić information content (AvgIpc) is 2.48. The first kappa shape index (κ1) is 16.4. The molecule has 1 saturated heterocycles. The minimum Gasteiger partial charge on any atom is -0.351 e. The van der Waals surface area contributed by atoms with Crippen molar-refractivity contribution in [3.8, 4) is 0 Å². The van der Waals surface area contributed by atoms with E-state index in [-0.39, 0.29) is 11.6 Å². The van der Waals surface area contributed by atoms with E-state index >= 15 is 0 Å². The summed E-state index contributed by atoms with van der Waals surface area (Å²) in [7, 11) is 2.11. The summed E-state index contributed by atoms with van der Waals surface area (Å²) in [5.41, 5.74) is 0.993. The van der Waals surface area contributed by atoms with Crippen molar-refractivity contribution in [1.29, 1.82) is 0 Å². The molecule has 1 heterocycles. The van der Waals surface area contributed by atoms with E-state index in [9.17, 15) is 14.9 Å². The summed E-state index contributed by atoms with van der Waals surface area (Å²) in [5, 5.41) is 13.6. The number of piperazine rings is 1. The molecule has 120 valence electrons. The van der Waals surface area contributed by atoms with Crippen LogP contribution in [0.3, 0.4) is 0 Å². The number of aryl methyl sites for hydroxylation is 1. The van der Waals surface area contributed by atoms with Crippen LogP contribution in [0.4, 0.5) is 5.69 Å². The molecule has 0 atom stereocenters. The van der Waals surface area contributed by atoms with Crippen molar-refractivity contribution in [2.75, 3.05) is 46.3 Å². The third-order valence-corrected chi connectivity index (χ3v) is 3.97. The van der Waals surface area contributed by atoms with Gasteiger partial charge in [0.15, 0.2) is 0 Å². The van der Waals surface area contributed by atoms with Crippen molar-refractivity contribution < 1.29 is 9.72 Å². The Balaban J connectivity index is 1.82. The number of amides is 1. The first-order valence-electron chi connectivity index (χ1n) is 7.41. The third kappa shape index (κ3) is 4.25. The second kappa shape index (κ2) is 7.33. The predicted molar refractivity (Wildman–Crippen MR) is 84.1 cm³/mol. The lowest BCUT2D eigenvalue weighted by Crippen LogP contribution is -2.46. The molecule has 0 radical (unpaired) electrons. The maximum Gasteiger partial charge on any atom is 0.272 e. The molecule has 1 amide bonds. The lowest BCUT2D eigenvalue weighted by Gasteiger charge is -2.32. The standard InChI is InChI=1S/C15H22N4O3/c1-12-11-13(3-4-14(12)19(21)22)15(20)16-5-6-18-9-7-17(2)8-10-18/h3-4,11H,5-10H2,1-2H3,(H,16,20). The van der Waals surface area contributed by atoms with Gasteiger partial charge in [-0.2, -0.15) is 0 Å². The highest BCUT2D eigenvalue weighted by Crippen LogP contribution is 2.18. The van der Waals surface area contributed by atoms with Crippen LogP contribution >= 0.6 is 0 Å². The zero-order valence-corrected chi connectivity index (χ0v) is 13.0. The summed E-state index contributed by atoms with van der Waals surface area (Å²) in [6.45, 7) is 7.18. The number of benzene rings is 1. The first-order valence-corrected chi connectivity index (χ1v) is 7.41. The molecule has 1 aliphatic heterocycles. The van der Waals surface area contributed by atoms with Crippen LogP contribution in [0.15, 0.2) is 18.2 Å². The highest BCUT2D eigenvalue weighted by molar-refractivity contribution is 5.94. The Morgan fingerprint density at radius 3 is 2.59 bits per heavy atom. The van der Waals surface area contributed by atoms with Crippen LogP contribution in [0.25, 0.3) is 0 Å². The number of nitrogens with one attached hydrogen (secondary N) is 1. The summed E-state index contributed by atoms with van der Waals surface area (Å²) in [4.78, 5) is 27.0. The van der Waals surface area contributed by atoms with Gasteiger partial charge in [0.1, 0.15) is 0 Å². The maximum atomic E-state index is 12.1. The fourth-order valence-corrected chi connectivity index (χ4v) is 2.50. The number of hydrogen-bond acceptors (Lipinski definition) is 5. The number of hydrogen-bond donors (Lipinski definition) is 1. The first-order chi connectivity index (χ1) is 10.5. The molecule has 0 spiro atoms. The van der Waals surface area contributed by atoms with Gasteiger partial charge in [0.25, 0.3) is 11.6 Å². The summed E-state index contributed by atoms with van der Waals surface area (Å²) in [6, 6.07) is 4.43. The van der Waals surface area contributed by atoms with Crippen molar-refractivity contribution in [3.05, 3.63) is 39.4 Å². The molecule has 22 heavy (non-hydrogen) atoms. The van der Waals surface area contributed by atoms with Gasteiger partial charge < -0.3 is 10.2 Å². The number of carbonyl (C=O) groups is 1. The van der Waals surface area contributed by atoms with Gasteiger partial charge >= 0.3 is 0 Å². The number of carbonyl (C=O) groups excluding carboxylic acids is 1. The molecule has 1 aliphatic rings. The molecular formula is C15H22N4O3. The number of likely N-dealkylation sites (N-methyl/N-ethyl adjacent to an activating group) is 1. The minimum absolute atomic E-state index is 0.0361. The normalized spacial score (nSPS) is 16.5. The van der Waals surface area contributed by atoms with Gasteiger partial charge in [0.2, 0.25) is 0 Å². The molecule has 1 aromatic carbocycles. The Labute approximate surface area is 130 Å². The Kier molecular flexibility index (Phi) is 5.46. The molecule has 0 bridgehead atoms. The van der Waals surface area contributed by atoms with Gasteiger partial charge in [0, 0.05) is 56.5 Å². The fourth-order valence-electron chi connectivity index (χ4n) is 2.50. The van der Waals surface area contributed by atoms with Crippen LogP contribution in [0.1, 0.15) is 15.9 Å². The van der Waals surface area contributed by atoms with Gasteiger partial charge in [0.05, 0.1) is 4.92 Å². The smallest absolute Gasteiger partial charge is 0.272 e. The van der Waals surface area contributed by atoms with Crippen LogP contribution in [-0.4, -0.2) is 66.9 Å². The summed E-state index contributed by atoms with van der Waals surface area (Å²) in [5.74, 6) is -0.188. The van der Waals surface area contributed by atoms with E-state index in [1.807, 2.05) is 0 Å². The topological polar surface area (TPSA) is 78.7 Å². The van der Waals surface area contributed by atoms with E-state index in [2.05, 4.69) is 22.2 Å². The second-order valence-corrected chi connectivity index (χ2v) is 5.66. The predicted octanol–water partition coefficient (Wildman–Crippen LogP) is 0.880. The number of nitro benzene ring substituents is 1. The Hall–Kier alpha value is -1.99. The zero-order chi connectivity index (χ0) is 16.1. The fraction of sp³-hybridized carbons (Fsp3) is 0.533. The monoisotopic (exact) mass is 306 g/mol. The SMILES string of the molecule is Cc1cc(C(=O)NCCN2CCN(C)CC2)ccc1[N+](=O)[O-]. The number of nitro groups is 1. The van der Waals surface area contributed by atoms with E-state index in [1.54, 1.807) is 13.0 Å². The van der Waals surface area contributed by atoms with Gasteiger partial charge in [-0.05, 0) is 26.1 Å². The lowest BCUT2D eigenvalue weighted by atomic mass is 10.1. The summed E-state index contributed by atoms with van der Waals surface area (Å²) in [6.07, 6.45) is 0. The number of rotatable bonds is 5. The van der Waals surface area contributed by atoms with E-state index in [4.69, 9.17) is 0 Å². The highest BCUT2D eigenvalue weighted by Gasteiger charge is 2.15. The molecule has 7 nitrogen and oxygen atoms in total. The third-order valence-electron chi connectivity index (χ3n) is 3.97. The van der Waals surface area contributed by atoms with Crippen molar-refractivity contribution >= 4 is 11.6 Å². The van der Waals surface area contributed by atoms with E-state index in [0.29, 0.717) is 17.7 Å². The lowest BCUT2D eigenvalue weighted by molar-refractivity contribution is -0.385. The van der Waals surface area contributed by atoms with Crippen LogP contribution in [-0.2, 0) is 0 Å². The van der Waals surface area contributed by atoms with Gasteiger partial charge in [-0.1, -0.05) is 0 Å². The molecule has 0 unspecified atom stereocenters. The van der Waals surface area contributed by atoms with Crippen LogP contribution < -0.4 is 5.32 Å².